The van der Waals surface area contributed by atoms with Crippen LogP contribution in [-0.4, -0.2) is 0 Å². The van der Waals surface area contributed by atoms with Crippen LogP contribution in [-0.2, 0) is 6.42 Å². The van der Waals surface area contributed by atoms with E-state index in [4.69, 9.17) is 0 Å². The fraction of sp³-hybridized carbons (Fsp3) is 0.600. The van der Waals surface area contributed by atoms with Crippen LogP contribution in [0.3, 0.4) is 0 Å². The second-order valence-corrected chi connectivity index (χ2v) is 7.84. The molecule has 0 radical (unpaired) electrons. The number of unbranched alkanes of at least 4 members (excludes halogenated alkanes) is 1. The van der Waals surface area contributed by atoms with Crippen molar-refractivity contribution in [2.45, 2.75) is 80.1 Å². The molecule has 1 rings (SSSR count). The minimum Gasteiger partial charge on any atom is -0.0990 e. The van der Waals surface area contributed by atoms with Crippen molar-refractivity contribution in [3.63, 3.8) is 0 Å². The number of hydrogen-bond acceptors (Lipinski definition) is 0. The smallest absolute Gasteiger partial charge is 0.00214 e. The molecule has 0 saturated carbocycles. The summed E-state index contributed by atoms with van der Waals surface area (Å²) in [6.07, 6.45) is 7.40. The van der Waals surface area contributed by atoms with Gasteiger partial charge in [0.05, 0.1) is 0 Å². The summed E-state index contributed by atoms with van der Waals surface area (Å²) in [5.74, 6) is 1.75. The first kappa shape index (κ1) is 21.7. The number of rotatable bonds is 11. The third-order valence-electron chi connectivity index (χ3n) is 6.06. The van der Waals surface area contributed by atoms with Gasteiger partial charge in [-0.2, -0.15) is 0 Å². The van der Waals surface area contributed by atoms with Crippen molar-refractivity contribution in [3.05, 3.63) is 59.2 Å². The van der Waals surface area contributed by atoms with Gasteiger partial charge >= 0.3 is 0 Å². The lowest BCUT2D eigenvalue weighted by molar-refractivity contribution is 0.538. The third-order valence-corrected chi connectivity index (χ3v) is 6.06. The Hall–Kier alpha value is -1.30. The van der Waals surface area contributed by atoms with E-state index in [0.29, 0.717) is 17.8 Å². The molecule has 0 N–H and O–H groups in total. The van der Waals surface area contributed by atoms with Gasteiger partial charge in [0.2, 0.25) is 0 Å². The summed E-state index contributed by atoms with van der Waals surface area (Å²) in [6, 6.07) is 10.8. The second kappa shape index (κ2) is 11.3. The van der Waals surface area contributed by atoms with Crippen molar-refractivity contribution >= 4 is 0 Å². The molecule has 1 aromatic rings. The normalized spacial score (nSPS) is 16.1. The monoisotopic (exact) mass is 340 g/mol. The lowest BCUT2D eigenvalue weighted by atomic mass is 9.79. The van der Waals surface area contributed by atoms with Gasteiger partial charge in [-0.15, -0.1) is 0 Å². The van der Waals surface area contributed by atoms with Crippen molar-refractivity contribution in [2.24, 2.45) is 17.8 Å². The lowest BCUT2D eigenvalue weighted by Crippen LogP contribution is -2.13. The van der Waals surface area contributed by atoms with Crippen LogP contribution in [0, 0.1) is 17.8 Å². The van der Waals surface area contributed by atoms with Gasteiger partial charge in [0.15, 0.2) is 0 Å². The van der Waals surface area contributed by atoms with Gasteiger partial charge in [-0.05, 0) is 62.3 Å². The number of benzene rings is 1. The highest BCUT2D eigenvalue weighted by Crippen LogP contribution is 2.33. The van der Waals surface area contributed by atoms with E-state index >= 15 is 0 Å². The molecule has 0 nitrogen and oxygen atoms in total. The van der Waals surface area contributed by atoms with Crippen molar-refractivity contribution in [1.29, 1.82) is 0 Å². The summed E-state index contributed by atoms with van der Waals surface area (Å²) < 4.78 is 0. The zero-order chi connectivity index (χ0) is 18.8. The Bertz CT molecular complexity index is 534. The van der Waals surface area contributed by atoms with Gasteiger partial charge in [-0.25, -0.2) is 0 Å². The van der Waals surface area contributed by atoms with Gasteiger partial charge in [0.1, 0.15) is 0 Å². The van der Waals surface area contributed by atoms with E-state index in [1.165, 1.54) is 43.2 Å². The van der Waals surface area contributed by atoms with Crippen LogP contribution in [0.5, 0.6) is 0 Å². The van der Waals surface area contributed by atoms with Crippen molar-refractivity contribution in [2.75, 3.05) is 0 Å². The molecule has 25 heavy (non-hydrogen) atoms. The molecule has 0 bridgehead atoms. The first-order valence-corrected chi connectivity index (χ1v) is 10.3. The Balaban J connectivity index is 2.77. The predicted octanol–water partition coefficient (Wildman–Crippen LogP) is 8.00. The maximum absolute atomic E-state index is 4.50. The van der Waals surface area contributed by atoms with E-state index < -0.39 is 0 Å². The summed E-state index contributed by atoms with van der Waals surface area (Å²) in [5.41, 5.74) is 6.11. The highest BCUT2D eigenvalue weighted by Gasteiger charge is 2.19. The largest absolute Gasteiger partial charge is 0.0990 e. The third kappa shape index (κ3) is 6.84. The van der Waals surface area contributed by atoms with Crippen LogP contribution in [0.2, 0.25) is 0 Å². The van der Waals surface area contributed by atoms with Crippen LogP contribution in [0.25, 0.3) is 0 Å². The fourth-order valence-corrected chi connectivity index (χ4v) is 3.64. The molecule has 1 aromatic carbocycles. The zero-order valence-electron chi connectivity index (χ0n) is 17.6. The van der Waals surface area contributed by atoms with Crippen LogP contribution in [0.4, 0.5) is 0 Å². The van der Waals surface area contributed by atoms with E-state index in [9.17, 15) is 0 Å². The molecule has 0 aliphatic carbocycles. The van der Waals surface area contributed by atoms with E-state index in [-0.39, 0.29) is 0 Å². The molecular weight excluding hydrogens is 300 g/mol. The Kier molecular flexibility index (Phi) is 9.86. The van der Waals surface area contributed by atoms with Gasteiger partial charge < -0.3 is 0 Å². The van der Waals surface area contributed by atoms with Crippen molar-refractivity contribution in [3.8, 4) is 0 Å². The second-order valence-electron chi connectivity index (χ2n) is 7.84. The SMILES string of the molecule is C=C(C(C)CCc1ccccc1)C(C)C(C)=C(CCCC)C(C)CC. The average Bonchev–Trinajstić information content (AvgIpc) is 2.65. The Morgan fingerprint density at radius 1 is 1.00 bits per heavy atom. The Morgan fingerprint density at radius 3 is 2.20 bits per heavy atom. The number of allylic oxidation sites excluding steroid dienone is 3. The summed E-state index contributed by atoms with van der Waals surface area (Å²) >= 11 is 0. The molecule has 0 amide bonds. The van der Waals surface area contributed by atoms with Gasteiger partial charge in [0.25, 0.3) is 0 Å². The highest BCUT2D eigenvalue weighted by atomic mass is 14.2. The lowest BCUT2D eigenvalue weighted by Gasteiger charge is -2.27. The molecule has 0 saturated heterocycles. The molecule has 140 valence electrons. The molecule has 0 aliphatic rings. The van der Waals surface area contributed by atoms with Crippen LogP contribution in [0.15, 0.2) is 53.6 Å². The highest BCUT2D eigenvalue weighted by molar-refractivity contribution is 5.25. The number of aryl methyl sites for hydroxylation is 1. The molecule has 0 spiro atoms. The first-order valence-electron chi connectivity index (χ1n) is 10.3. The van der Waals surface area contributed by atoms with E-state index in [1.54, 1.807) is 11.1 Å². The van der Waals surface area contributed by atoms with Crippen LogP contribution < -0.4 is 0 Å². The van der Waals surface area contributed by atoms with Crippen molar-refractivity contribution in [1.82, 2.24) is 0 Å². The molecular formula is C25H40. The summed E-state index contributed by atoms with van der Waals surface area (Å²) in [4.78, 5) is 0. The molecule has 0 heterocycles. The fourth-order valence-electron chi connectivity index (χ4n) is 3.64. The standard InChI is InChI=1S/C25H40/c1-8-10-16-25(19(3)9-2)23(7)22(6)21(5)20(4)17-18-24-14-12-11-13-15-24/h11-15,19-20,22H,5,8-10,16-18H2,1-4,6-7H3. The zero-order valence-corrected chi connectivity index (χ0v) is 17.6. The summed E-state index contributed by atoms with van der Waals surface area (Å²) in [5, 5.41) is 0. The maximum Gasteiger partial charge on any atom is -0.00214 e. The van der Waals surface area contributed by atoms with E-state index in [1.807, 2.05) is 0 Å². The number of hydrogen-bond donors (Lipinski definition) is 0. The molecule has 0 aliphatic heterocycles. The van der Waals surface area contributed by atoms with E-state index in [2.05, 4.69) is 78.5 Å². The topological polar surface area (TPSA) is 0 Å². The molecule has 3 unspecified atom stereocenters. The first-order chi connectivity index (χ1) is 11.9. The van der Waals surface area contributed by atoms with Gasteiger partial charge in [-0.1, -0.05) is 94.7 Å². The van der Waals surface area contributed by atoms with Crippen LogP contribution >= 0.6 is 0 Å². The van der Waals surface area contributed by atoms with E-state index in [0.717, 1.165) is 6.42 Å². The molecule has 0 fully saturated rings. The van der Waals surface area contributed by atoms with Gasteiger partial charge in [0, 0.05) is 0 Å². The molecule has 0 heteroatoms. The average molecular weight is 341 g/mol. The quantitative estimate of drug-likeness (QED) is 0.358. The Labute approximate surface area is 157 Å². The molecule has 0 aromatic heterocycles. The van der Waals surface area contributed by atoms with Gasteiger partial charge in [-0.3, -0.25) is 0 Å². The minimum absolute atomic E-state index is 0.492. The summed E-state index contributed by atoms with van der Waals surface area (Å²) in [7, 11) is 0. The maximum atomic E-state index is 4.50. The van der Waals surface area contributed by atoms with Crippen molar-refractivity contribution < 1.29 is 0 Å². The minimum atomic E-state index is 0.492. The summed E-state index contributed by atoms with van der Waals surface area (Å²) in [6.45, 7) is 18.6. The Morgan fingerprint density at radius 2 is 1.64 bits per heavy atom. The van der Waals surface area contributed by atoms with Crippen LogP contribution in [0.1, 0.15) is 79.2 Å². The molecule has 3 atom stereocenters. The predicted molar refractivity (Wildman–Crippen MR) is 114 cm³/mol.